The lowest BCUT2D eigenvalue weighted by atomic mass is 10.3. The van der Waals surface area contributed by atoms with Gasteiger partial charge in [-0.2, -0.15) is 0 Å². The normalized spacial score (nSPS) is 18.8. The van der Waals surface area contributed by atoms with Crippen LogP contribution in [-0.4, -0.2) is 44.5 Å². The van der Waals surface area contributed by atoms with Crippen molar-refractivity contribution in [2.75, 3.05) is 36.0 Å². The van der Waals surface area contributed by atoms with E-state index in [9.17, 15) is 8.42 Å². The first-order valence-corrected chi connectivity index (χ1v) is 9.03. The van der Waals surface area contributed by atoms with Gasteiger partial charge in [-0.15, -0.1) is 0 Å². The molecule has 0 spiro atoms. The molecular weight excluding hydrogens is 298 g/mol. The van der Waals surface area contributed by atoms with E-state index in [1.54, 1.807) is 0 Å². The summed E-state index contributed by atoms with van der Waals surface area (Å²) in [4.78, 5) is 6.58. The molecule has 7 heteroatoms. The molecule has 0 aliphatic carbocycles. The quantitative estimate of drug-likeness (QED) is 0.911. The number of anilines is 1. The molecule has 1 aromatic heterocycles. The standard InChI is InChI=1S/C13H20ClN3O2S/c1-2-15-10-12-11(14)4-5-13(16-12)17-6-3-8-20(18,19)9-7-17/h4-5,15H,2-3,6-10H2,1H3. The fraction of sp³-hybridized carbons (Fsp3) is 0.615. The second kappa shape index (κ2) is 6.74. The van der Waals surface area contributed by atoms with Gasteiger partial charge in [-0.1, -0.05) is 18.5 Å². The van der Waals surface area contributed by atoms with Gasteiger partial charge in [0, 0.05) is 19.6 Å². The molecule has 2 rings (SSSR count). The first kappa shape index (κ1) is 15.5. The summed E-state index contributed by atoms with van der Waals surface area (Å²) in [5.74, 6) is 1.26. The van der Waals surface area contributed by atoms with E-state index >= 15 is 0 Å². The van der Waals surface area contributed by atoms with Gasteiger partial charge in [0.1, 0.15) is 5.82 Å². The van der Waals surface area contributed by atoms with Gasteiger partial charge >= 0.3 is 0 Å². The zero-order valence-corrected chi connectivity index (χ0v) is 13.2. The number of nitrogens with one attached hydrogen (secondary N) is 1. The van der Waals surface area contributed by atoms with Crippen LogP contribution in [0.25, 0.3) is 0 Å². The maximum Gasteiger partial charge on any atom is 0.152 e. The van der Waals surface area contributed by atoms with Crippen molar-refractivity contribution >= 4 is 27.3 Å². The molecule has 112 valence electrons. The highest BCUT2D eigenvalue weighted by atomic mass is 35.5. The summed E-state index contributed by atoms with van der Waals surface area (Å²) < 4.78 is 23.3. The van der Waals surface area contributed by atoms with Gasteiger partial charge in [-0.25, -0.2) is 13.4 Å². The van der Waals surface area contributed by atoms with Crippen molar-refractivity contribution in [3.63, 3.8) is 0 Å². The average molecular weight is 318 g/mol. The topological polar surface area (TPSA) is 62.3 Å². The van der Waals surface area contributed by atoms with Gasteiger partial charge in [0.25, 0.3) is 0 Å². The van der Waals surface area contributed by atoms with Crippen LogP contribution >= 0.6 is 11.6 Å². The number of pyridine rings is 1. The first-order valence-electron chi connectivity index (χ1n) is 6.83. The number of aromatic nitrogens is 1. The lowest BCUT2D eigenvalue weighted by molar-refractivity contribution is 0.597. The third-order valence-corrected chi connectivity index (χ3v) is 5.39. The molecule has 0 bridgehead atoms. The average Bonchev–Trinajstić information content (AvgIpc) is 2.59. The lowest BCUT2D eigenvalue weighted by Crippen LogP contribution is -2.28. The molecule has 0 amide bonds. The van der Waals surface area contributed by atoms with E-state index in [4.69, 9.17) is 11.6 Å². The summed E-state index contributed by atoms with van der Waals surface area (Å²) in [6, 6.07) is 3.69. The fourth-order valence-electron chi connectivity index (χ4n) is 2.18. The van der Waals surface area contributed by atoms with E-state index in [-0.39, 0.29) is 11.5 Å². The van der Waals surface area contributed by atoms with Crippen molar-refractivity contribution in [2.45, 2.75) is 19.9 Å². The minimum absolute atomic E-state index is 0.194. The summed E-state index contributed by atoms with van der Waals surface area (Å²) in [5.41, 5.74) is 0.804. The maximum atomic E-state index is 11.6. The fourth-order valence-corrected chi connectivity index (χ4v) is 3.63. The summed E-state index contributed by atoms with van der Waals surface area (Å²) in [7, 11) is -2.90. The summed E-state index contributed by atoms with van der Waals surface area (Å²) in [6.45, 7) is 4.71. The van der Waals surface area contributed by atoms with Gasteiger partial charge in [0.2, 0.25) is 0 Å². The van der Waals surface area contributed by atoms with Gasteiger partial charge < -0.3 is 10.2 Å². The highest BCUT2D eigenvalue weighted by Crippen LogP contribution is 2.20. The lowest BCUT2D eigenvalue weighted by Gasteiger charge is -2.21. The smallest absolute Gasteiger partial charge is 0.152 e. The van der Waals surface area contributed by atoms with E-state index in [0.717, 1.165) is 18.1 Å². The molecule has 1 saturated heterocycles. The van der Waals surface area contributed by atoms with E-state index in [2.05, 4.69) is 10.3 Å². The molecule has 1 fully saturated rings. The van der Waals surface area contributed by atoms with E-state index in [1.807, 2.05) is 24.0 Å². The first-order chi connectivity index (χ1) is 9.52. The monoisotopic (exact) mass is 317 g/mol. The highest BCUT2D eigenvalue weighted by molar-refractivity contribution is 7.91. The number of hydrogen-bond acceptors (Lipinski definition) is 5. The molecule has 1 aliphatic rings. The number of hydrogen-bond donors (Lipinski definition) is 1. The van der Waals surface area contributed by atoms with Gasteiger partial charge in [0.05, 0.1) is 22.2 Å². The molecule has 2 heterocycles. The predicted octanol–water partition coefficient (Wildman–Crippen LogP) is 1.47. The Morgan fingerprint density at radius 1 is 1.35 bits per heavy atom. The molecule has 1 aromatic rings. The molecule has 1 N–H and O–H groups in total. The van der Waals surface area contributed by atoms with Gasteiger partial charge in [-0.3, -0.25) is 0 Å². The second-order valence-electron chi connectivity index (χ2n) is 4.87. The Labute approximate surface area is 125 Å². The van der Waals surface area contributed by atoms with Crippen LogP contribution in [0, 0.1) is 0 Å². The Balaban J connectivity index is 2.15. The van der Waals surface area contributed by atoms with Crippen molar-refractivity contribution in [3.8, 4) is 0 Å². The predicted molar refractivity (Wildman–Crippen MR) is 82.1 cm³/mol. The molecule has 0 atom stereocenters. The summed E-state index contributed by atoms with van der Waals surface area (Å²) in [5, 5.41) is 3.84. The Morgan fingerprint density at radius 2 is 2.15 bits per heavy atom. The maximum absolute atomic E-state index is 11.6. The van der Waals surface area contributed by atoms with Gasteiger partial charge in [0.15, 0.2) is 9.84 Å². The third kappa shape index (κ3) is 4.07. The second-order valence-corrected chi connectivity index (χ2v) is 7.58. The van der Waals surface area contributed by atoms with Crippen molar-refractivity contribution in [3.05, 3.63) is 22.8 Å². The molecule has 5 nitrogen and oxygen atoms in total. The summed E-state index contributed by atoms with van der Waals surface area (Å²) in [6.07, 6.45) is 0.648. The van der Waals surface area contributed by atoms with Crippen LogP contribution in [-0.2, 0) is 16.4 Å². The minimum atomic E-state index is -2.90. The van der Waals surface area contributed by atoms with E-state index in [0.29, 0.717) is 31.1 Å². The zero-order chi connectivity index (χ0) is 14.6. The largest absolute Gasteiger partial charge is 0.356 e. The molecule has 1 aliphatic heterocycles. The van der Waals surface area contributed by atoms with Gasteiger partial charge in [-0.05, 0) is 25.1 Å². The summed E-state index contributed by atoms with van der Waals surface area (Å²) >= 11 is 6.13. The van der Waals surface area contributed by atoms with Crippen LogP contribution in [0.5, 0.6) is 0 Å². The highest BCUT2D eigenvalue weighted by Gasteiger charge is 2.20. The molecule has 0 aromatic carbocycles. The van der Waals surface area contributed by atoms with Crippen molar-refractivity contribution in [2.24, 2.45) is 0 Å². The molecular formula is C13H20ClN3O2S. The van der Waals surface area contributed by atoms with Crippen molar-refractivity contribution < 1.29 is 8.42 Å². The van der Waals surface area contributed by atoms with E-state index < -0.39 is 9.84 Å². The molecule has 0 radical (unpaired) electrons. The number of sulfone groups is 1. The third-order valence-electron chi connectivity index (χ3n) is 3.33. The Hall–Kier alpha value is -0.850. The number of halogens is 1. The van der Waals surface area contributed by atoms with Crippen molar-refractivity contribution in [1.82, 2.24) is 10.3 Å². The number of rotatable bonds is 4. The minimum Gasteiger partial charge on any atom is -0.356 e. The molecule has 20 heavy (non-hydrogen) atoms. The van der Waals surface area contributed by atoms with Crippen LogP contribution in [0.15, 0.2) is 12.1 Å². The van der Waals surface area contributed by atoms with Crippen LogP contribution in [0.3, 0.4) is 0 Å². The van der Waals surface area contributed by atoms with Crippen LogP contribution in [0.4, 0.5) is 5.82 Å². The van der Waals surface area contributed by atoms with Crippen molar-refractivity contribution in [1.29, 1.82) is 0 Å². The SMILES string of the molecule is CCNCc1nc(N2CCCS(=O)(=O)CC2)ccc1Cl. The van der Waals surface area contributed by atoms with Crippen LogP contribution in [0.2, 0.25) is 5.02 Å². The van der Waals surface area contributed by atoms with Crippen LogP contribution in [0.1, 0.15) is 19.0 Å². The van der Waals surface area contributed by atoms with Crippen LogP contribution < -0.4 is 10.2 Å². The molecule has 0 saturated carbocycles. The molecule has 0 unspecified atom stereocenters. The Morgan fingerprint density at radius 3 is 2.90 bits per heavy atom. The Bertz CT molecular complexity index is 563. The zero-order valence-electron chi connectivity index (χ0n) is 11.6. The van der Waals surface area contributed by atoms with E-state index in [1.165, 1.54) is 0 Å². The Kier molecular flexibility index (Phi) is 5.23. The number of nitrogens with zero attached hydrogens (tertiary/aromatic N) is 2.